The Hall–Kier alpha value is -1.87. The zero-order chi connectivity index (χ0) is 15.1. The summed E-state index contributed by atoms with van der Waals surface area (Å²) in [5.41, 5.74) is 8.07. The summed E-state index contributed by atoms with van der Waals surface area (Å²) in [6, 6.07) is 15.0. The van der Waals surface area contributed by atoms with Gasteiger partial charge in [-0.05, 0) is 55.5 Å². The van der Waals surface area contributed by atoms with Gasteiger partial charge in [0.1, 0.15) is 11.6 Å². The van der Waals surface area contributed by atoms with Crippen molar-refractivity contribution in [3.05, 3.63) is 65.5 Å². The van der Waals surface area contributed by atoms with Crippen LogP contribution in [0, 0.1) is 5.82 Å². The first kappa shape index (κ1) is 15.5. The fourth-order valence-electron chi connectivity index (χ4n) is 2.62. The van der Waals surface area contributed by atoms with Crippen LogP contribution in [0.1, 0.15) is 29.9 Å². The summed E-state index contributed by atoms with van der Waals surface area (Å²) in [5.74, 6) is 0.596. The Bertz CT molecular complexity index is 556. The number of ether oxygens (including phenoxy) is 1. The number of benzene rings is 2. The van der Waals surface area contributed by atoms with Crippen LogP contribution in [0.4, 0.5) is 4.39 Å². The molecule has 112 valence electrons. The molecule has 2 aromatic carbocycles. The fraction of sp³-hybridized carbons (Fsp3) is 0.333. The van der Waals surface area contributed by atoms with Crippen LogP contribution in [-0.4, -0.2) is 13.7 Å². The van der Waals surface area contributed by atoms with E-state index in [-0.39, 0.29) is 11.7 Å². The Morgan fingerprint density at radius 3 is 2.57 bits per heavy atom. The Morgan fingerprint density at radius 2 is 1.90 bits per heavy atom. The third-order valence-electron chi connectivity index (χ3n) is 3.78. The average molecular weight is 287 g/mol. The van der Waals surface area contributed by atoms with Gasteiger partial charge in [-0.2, -0.15) is 0 Å². The molecule has 2 N–H and O–H groups in total. The highest BCUT2D eigenvalue weighted by atomic mass is 19.1. The number of halogens is 1. The van der Waals surface area contributed by atoms with Crippen molar-refractivity contribution in [2.45, 2.75) is 25.2 Å². The van der Waals surface area contributed by atoms with Crippen molar-refractivity contribution in [2.24, 2.45) is 5.73 Å². The maximum atomic E-state index is 13.5. The van der Waals surface area contributed by atoms with Gasteiger partial charge in [0.2, 0.25) is 0 Å². The van der Waals surface area contributed by atoms with Gasteiger partial charge in [-0.1, -0.05) is 30.3 Å². The van der Waals surface area contributed by atoms with E-state index in [0.29, 0.717) is 12.3 Å². The largest absolute Gasteiger partial charge is 0.496 e. The molecule has 0 aromatic heterocycles. The smallest absolute Gasteiger partial charge is 0.123 e. The average Bonchev–Trinajstić information content (AvgIpc) is 2.52. The lowest BCUT2D eigenvalue weighted by molar-refractivity contribution is 0.401. The first-order valence-corrected chi connectivity index (χ1v) is 7.32. The minimum Gasteiger partial charge on any atom is -0.496 e. The zero-order valence-electron chi connectivity index (χ0n) is 12.4. The molecule has 2 rings (SSSR count). The Labute approximate surface area is 125 Å². The molecule has 0 saturated heterocycles. The molecule has 0 heterocycles. The van der Waals surface area contributed by atoms with Gasteiger partial charge in [0.15, 0.2) is 0 Å². The molecule has 0 bridgehead atoms. The van der Waals surface area contributed by atoms with E-state index in [4.69, 9.17) is 10.5 Å². The number of rotatable bonds is 7. The first-order chi connectivity index (χ1) is 10.2. The second-order valence-electron chi connectivity index (χ2n) is 5.20. The van der Waals surface area contributed by atoms with Gasteiger partial charge < -0.3 is 10.5 Å². The lowest BCUT2D eigenvalue weighted by Gasteiger charge is -2.18. The summed E-state index contributed by atoms with van der Waals surface area (Å²) >= 11 is 0. The standard InChI is InChI=1S/C18H22FNO/c1-21-18-11-10-16(19)12-17(18)15(13-20)9-5-8-14-6-3-2-4-7-14/h2-4,6-7,10-12,15H,5,8-9,13,20H2,1H3. The normalized spacial score (nSPS) is 12.1. The van der Waals surface area contributed by atoms with Crippen molar-refractivity contribution in [2.75, 3.05) is 13.7 Å². The van der Waals surface area contributed by atoms with Gasteiger partial charge >= 0.3 is 0 Å². The molecule has 2 aromatic rings. The number of hydrogen-bond donors (Lipinski definition) is 1. The Morgan fingerprint density at radius 1 is 1.14 bits per heavy atom. The molecule has 0 radical (unpaired) electrons. The van der Waals surface area contributed by atoms with Crippen LogP contribution in [0.5, 0.6) is 5.75 Å². The highest BCUT2D eigenvalue weighted by Crippen LogP contribution is 2.30. The van der Waals surface area contributed by atoms with E-state index in [1.54, 1.807) is 19.2 Å². The zero-order valence-corrected chi connectivity index (χ0v) is 12.4. The van der Waals surface area contributed by atoms with Gasteiger partial charge in [-0.25, -0.2) is 4.39 Å². The molecule has 0 aliphatic carbocycles. The van der Waals surface area contributed by atoms with Crippen molar-refractivity contribution < 1.29 is 9.13 Å². The predicted octanol–water partition coefficient (Wildman–Crippen LogP) is 3.90. The number of aryl methyl sites for hydroxylation is 1. The predicted molar refractivity (Wildman–Crippen MR) is 84.1 cm³/mol. The van der Waals surface area contributed by atoms with E-state index in [2.05, 4.69) is 12.1 Å². The van der Waals surface area contributed by atoms with Crippen LogP contribution in [-0.2, 0) is 6.42 Å². The lowest BCUT2D eigenvalue weighted by Crippen LogP contribution is -2.14. The first-order valence-electron chi connectivity index (χ1n) is 7.32. The maximum Gasteiger partial charge on any atom is 0.123 e. The number of nitrogens with two attached hydrogens (primary N) is 1. The van der Waals surface area contributed by atoms with Crippen LogP contribution in [0.2, 0.25) is 0 Å². The third-order valence-corrected chi connectivity index (χ3v) is 3.78. The van der Waals surface area contributed by atoms with E-state index < -0.39 is 0 Å². The van der Waals surface area contributed by atoms with Crippen LogP contribution in [0.25, 0.3) is 0 Å². The van der Waals surface area contributed by atoms with Gasteiger partial charge in [0, 0.05) is 5.56 Å². The summed E-state index contributed by atoms with van der Waals surface area (Å²) < 4.78 is 18.8. The molecular formula is C18H22FNO. The quantitative estimate of drug-likeness (QED) is 0.838. The van der Waals surface area contributed by atoms with Crippen LogP contribution >= 0.6 is 0 Å². The second kappa shape index (κ2) is 7.79. The monoisotopic (exact) mass is 287 g/mol. The third kappa shape index (κ3) is 4.30. The van der Waals surface area contributed by atoms with Crippen molar-refractivity contribution in [1.82, 2.24) is 0 Å². The lowest BCUT2D eigenvalue weighted by atomic mass is 9.92. The molecule has 0 aliphatic rings. The van der Waals surface area contributed by atoms with Gasteiger partial charge in [0.25, 0.3) is 0 Å². The van der Waals surface area contributed by atoms with Crippen molar-refractivity contribution in [1.29, 1.82) is 0 Å². The molecule has 0 spiro atoms. The topological polar surface area (TPSA) is 35.2 Å². The van der Waals surface area contributed by atoms with Crippen LogP contribution < -0.4 is 10.5 Å². The molecule has 2 nitrogen and oxygen atoms in total. The molecule has 0 amide bonds. The summed E-state index contributed by atoms with van der Waals surface area (Å²) in [6.07, 6.45) is 2.95. The molecular weight excluding hydrogens is 265 g/mol. The molecule has 1 unspecified atom stereocenters. The summed E-state index contributed by atoms with van der Waals surface area (Å²) in [7, 11) is 1.61. The van der Waals surface area contributed by atoms with E-state index in [9.17, 15) is 4.39 Å². The summed E-state index contributed by atoms with van der Waals surface area (Å²) in [4.78, 5) is 0. The van der Waals surface area contributed by atoms with E-state index in [0.717, 1.165) is 24.8 Å². The maximum absolute atomic E-state index is 13.5. The molecule has 0 aliphatic heterocycles. The SMILES string of the molecule is COc1ccc(F)cc1C(CN)CCCc1ccccc1. The van der Waals surface area contributed by atoms with E-state index in [1.165, 1.54) is 11.6 Å². The van der Waals surface area contributed by atoms with E-state index >= 15 is 0 Å². The Kier molecular flexibility index (Phi) is 5.76. The second-order valence-corrected chi connectivity index (χ2v) is 5.20. The highest BCUT2D eigenvalue weighted by Gasteiger charge is 2.15. The Balaban J connectivity index is 2.01. The minimum absolute atomic E-state index is 0.124. The van der Waals surface area contributed by atoms with Crippen molar-refractivity contribution in [3.63, 3.8) is 0 Å². The molecule has 0 fully saturated rings. The minimum atomic E-state index is -0.243. The van der Waals surface area contributed by atoms with Crippen molar-refractivity contribution in [3.8, 4) is 5.75 Å². The number of hydrogen-bond acceptors (Lipinski definition) is 2. The van der Waals surface area contributed by atoms with Gasteiger partial charge in [-0.15, -0.1) is 0 Å². The number of methoxy groups -OCH3 is 1. The highest BCUT2D eigenvalue weighted by molar-refractivity contribution is 5.37. The van der Waals surface area contributed by atoms with E-state index in [1.807, 2.05) is 18.2 Å². The molecule has 3 heteroatoms. The van der Waals surface area contributed by atoms with Crippen LogP contribution in [0.3, 0.4) is 0 Å². The van der Waals surface area contributed by atoms with Gasteiger partial charge in [0.05, 0.1) is 7.11 Å². The fourth-order valence-corrected chi connectivity index (χ4v) is 2.62. The van der Waals surface area contributed by atoms with Crippen molar-refractivity contribution >= 4 is 0 Å². The van der Waals surface area contributed by atoms with Gasteiger partial charge in [-0.3, -0.25) is 0 Å². The van der Waals surface area contributed by atoms with Crippen LogP contribution in [0.15, 0.2) is 48.5 Å². The summed E-state index contributed by atoms with van der Waals surface area (Å²) in [5, 5.41) is 0. The summed E-state index contributed by atoms with van der Waals surface area (Å²) in [6.45, 7) is 0.495. The molecule has 21 heavy (non-hydrogen) atoms. The molecule has 0 saturated carbocycles. The molecule has 1 atom stereocenters.